The molecular formula is C17H23N3O. The first-order valence-corrected chi connectivity index (χ1v) is 7.27. The third kappa shape index (κ3) is 3.25. The van der Waals surface area contributed by atoms with Crippen LogP contribution in [0.4, 0.5) is 0 Å². The van der Waals surface area contributed by atoms with Crippen molar-refractivity contribution in [3.05, 3.63) is 29.6 Å². The zero-order valence-corrected chi connectivity index (χ0v) is 13.5. The molecule has 0 aliphatic heterocycles. The highest BCUT2D eigenvalue weighted by Crippen LogP contribution is 2.27. The molecule has 0 aliphatic rings. The van der Waals surface area contributed by atoms with Crippen LogP contribution >= 0.6 is 0 Å². The molecule has 21 heavy (non-hydrogen) atoms. The molecule has 0 spiro atoms. The smallest absolute Gasteiger partial charge is 0.110 e. The van der Waals surface area contributed by atoms with Gasteiger partial charge in [-0.15, -0.1) is 0 Å². The van der Waals surface area contributed by atoms with Gasteiger partial charge >= 0.3 is 0 Å². The topological polar surface area (TPSA) is 50.8 Å². The van der Waals surface area contributed by atoms with E-state index in [1.807, 2.05) is 18.2 Å². The van der Waals surface area contributed by atoms with Crippen LogP contribution in [-0.4, -0.2) is 23.3 Å². The van der Waals surface area contributed by atoms with Gasteiger partial charge in [0.05, 0.1) is 22.7 Å². The number of imidazole rings is 1. The summed E-state index contributed by atoms with van der Waals surface area (Å²) in [5, 5.41) is 9.05. The number of hydrogen-bond acceptors (Lipinski definition) is 3. The number of nitriles is 1. The fourth-order valence-corrected chi connectivity index (χ4v) is 2.74. The summed E-state index contributed by atoms with van der Waals surface area (Å²) in [6, 6.07) is 7.89. The van der Waals surface area contributed by atoms with Crippen LogP contribution in [0.2, 0.25) is 0 Å². The lowest BCUT2D eigenvalue weighted by Gasteiger charge is -2.25. The second-order valence-corrected chi connectivity index (χ2v) is 6.61. The quantitative estimate of drug-likeness (QED) is 0.864. The van der Waals surface area contributed by atoms with E-state index < -0.39 is 0 Å². The van der Waals surface area contributed by atoms with E-state index in [4.69, 9.17) is 15.0 Å². The Morgan fingerprint density at radius 1 is 1.38 bits per heavy atom. The van der Waals surface area contributed by atoms with Crippen LogP contribution in [0.5, 0.6) is 0 Å². The highest BCUT2D eigenvalue weighted by molar-refractivity contribution is 5.78. The predicted octanol–water partition coefficient (Wildman–Crippen LogP) is 3.49. The Balaban J connectivity index is 2.55. The number of hydrogen-bond donors (Lipinski definition) is 0. The van der Waals surface area contributed by atoms with E-state index in [1.54, 1.807) is 7.11 Å². The van der Waals surface area contributed by atoms with E-state index >= 15 is 0 Å². The molecule has 0 amide bonds. The molecule has 0 aliphatic carbocycles. The Labute approximate surface area is 126 Å². The lowest BCUT2D eigenvalue weighted by atomic mass is 10.1. The minimum Gasteiger partial charge on any atom is -0.384 e. The third-order valence-corrected chi connectivity index (χ3v) is 3.51. The maximum atomic E-state index is 9.05. The summed E-state index contributed by atoms with van der Waals surface area (Å²) in [5.74, 6) is 1.46. The van der Waals surface area contributed by atoms with Gasteiger partial charge < -0.3 is 9.30 Å². The van der Waals surface area contributed by atoms with Crippen LogP contribution in [0.15, 0.2) is 18.2 Å². The van der Waals surface area contributed by atoms with Crippen LogP contribution in [-0.2, 0) is 16.7 Å². The van der Waals surface area contributed by atoms with Crippen molar-refractivity contribution >= 4 is 11.0 Å². The minimum absolute atomic E-state index is 0.0506. The van der Waals surface area contributed by atoms with Crippen molar-refractivity contribution in [1.82, 2.24) is 9.55 Å². The lowest BCUT2D eigenvalue weighted by molar-refractivity contribution is 0.157. The van der Waals surface area contributed by atoms with Gasteiger partial charge in [0.1, 0.15) is 5.82 Å². The van der Waals surface area contributed by atoms with Gasteiger partial charge in [-0.2, -0.15) is 5.26 Å². The monoisotopic (exact) mass is 285 g/mol. The molecule has 0 bridgehead atoms. The Morgan fingerprint density at radius 3 is 2.67 bits per heavy atom. The van der Waals surface area contributed by atoms with E-state index in [0.717, 1.165) is 29.9 Å². The zero-order chi connectivity index (χ0) is 15.6. The van der Waals surface area contributed by atoms with E-state index in [9.17, 15) is 0 Å². The summed E-state index contributed by atoms with van der Waals surface area (Å²) in [4.78, 5) is 4.77. The van der Waals surface area contributed by atoms with E-state index in [0.29, 0.717) is 11.5 Å². The summed E-state index contributed by atoms with van der Waals surface area (Å²) in [6.07, 6.45) is 0.863. The van der Waals surface area contributed by atoms with E-state index in [2.05, 4.69) is 38.3 Å². The second kappa shape index (κ2) is 5.87. The fourth-order valence-electron chi connectivity index (χ4n) is 2.74. The highest BCUT2D eigenvalue weighted by atomic mass is 16.5. The second-order valence-electron chi connectivity index (χ2n) is 6.61. The van der Waals surface area contributed by atoms with Crippen molar-refractivity contribution in [3.8, 4) is 6.07 Å². The molecule has 0 saturated carbocycles. The number of methoxy groups -OCH3 is 1. The van der Waals surface area contributed by atoms with Crippen LogP contribution in [0.1, 0.15) is 39.1 Å². The summed E-state index contributed by atoms with van der Waals surface area (Å²) in [7, 11) is 1.72. The average Bonchev–Trinajstić information content (AvgIpc) is 2.75. The molecule has 0 N–H and O–H groups in total. The third-order valence-electron chi connectivity index (χ3n) is 3.51. The Bertz CT molecular complexity index is 674. The van der Waals surface area contributed by atoms with Crippen LogP contribution in [0, 0.1) is 17.2 Å². The number of ether oxygens (including phenoxy) is 1. The molecule has 4 nitrogen and oxygen atoms in total. The molecule has 0 fully saturated rings. The van der Waals surface area contributed by atoms with Gasteiger partial charge in [-0.25, -0.2) is 4.98 Å². The predicted molar refractivity (Wildman–Crippen MR) is 84.2 cm³/mol. The number of rotatable bonds is 4. The molecule has 1 unspecified atom stereocenters. The van der Waals surface area contributed by atoms with Gasteiger partial charge in [0.2, 0.25) is 0 Å². The first-order valence-electron chi connectivity index (χ1n) is 7.27. The van der Waals surface area contributed by atoms with E-state index in [-0.39, 0.29) is 5.54 Å². The van der Waals surface area contributed by atoms with Crippen molar-refractivity contribution in [3.63, 3.8) is 0 Å². The molecule has 1 aromatic carbocycles. The van der Waals surface area contributed by atoms with Crippen molar-refractivity contribution in [2.75, 3.05) is 13.7 Å². The Kier molecular flexibility index (Phi) is 4.34. The van der Waals surface area contributed by atoms with Crippen LogP contribution in [0.3, 0.4) is 0 Å². The molecule has 1 aromatic heterocycles. The maximum Gasteiger partial charge on any atom is 0.110 e. The maximum absolute atomic E-state index is 9.05. The molecule has 0 saturated heterocycles. The van der Waals surface area contributed by atoms with Crippen molar-refractivity contribution in [2.24, 2.45) is 5.92 Å². The lowest BCUT2D eigenvalue weighted by Crippen LogP contribution is -2.25. The van der Waals surface area contributed by atoms with Gasteiger partial charge in [-0.05, 0) is 44.9 Å². The highest BCUT2D eigenvalue weighted by Gasteiger charge is 2.22. The van der Waals surface area contributed by atoms with Crippen molar-refractivity contribution in [2.45, 2.75) is 39.7 Å². The van der Waals surface area contributed by atoms with Gasteiger partial charge in [-0.1, -0.05) is 6.92 Å². The zero-order valence-electron chi connectivity index (χ0n) is 13.5. The van der Waals surface area contributed by atoms with Crippen molar-refractivity contribution in [1.29, 1.82) is 5.26 Å². The molecule has 1 atom stereocenters. The number of benzene rings is 1. The molecular weight excluding hydrogens is 262 g/mol. The summed E-state index contributed by atoms with van der Waals surface area (Å²) >= 11 is 0. The summed E-state index contributed by atoms with van der Waals surface area (Å²) in [5.41, 5.74) is 2.58. The number of nitrogens with zero attached hydrogens (tertiary/aromatic N) is 3. The molecule has 112 valence electrons. The molecule has 1 heterocycles. The summed E-state index contributed by atoms with van der Waals surface area (Å²) < 4.78 is 7.51. The minimum atomic E-state index is -0.0506. The first-order chi connectivity index (χ1) is 9.86. The fraction of sp³-hybridized carbons (Fsp3) is 0.529. The average molecular weight is 285 g/mol. The van der Waals surface area contributed by atoms with Crippen LogP contribution in [0.25, 0.3) is 11.0 Å². The molecule has 4 heteroatoms. The summed E-state index contributed by atoms with van der Waals surface area (Å²) in [6.45, 7) is 9.41. The Morgan fingerprint density at radius 2 is 2.10 bits per heavy atom. The van der Waals surface area contributed by atoms with Crippen LogP contribution < -0.4 is 0 Å². The van der Waals surface area contributed by atoms with Gasteiger partial charge in [0.15, 0.2) is 0 Å². The number of fused-ring (bicyclic) bond motifs is 1. The Hall–Kier alpha value is -1.86. The first kappa shape index (κ1) is 15.5. The standard InChI is InChI=1S/C17H23N3O/c1-12(11-21-5)8-16-19-14-9-13(10-18)6-7-15(14)20(16)17(2,3)4/h6-7,9,12H,8,11H2,1-5H3. The molecule has 2 rings (SSSR count). The van der Waals surface area contributed by atoms with Gasteiger partial charge in [0, 0.05) is 25.7 Å². The van der Waals surface area contributed by atoms with Gasteiger partial charge in [-0.3, -0.25) is 0 Å². The SMILES string of the molecule is COCC(C)Cc1nc2cc(C#N)ccc2n1C(C)(C)C. The normalized spacial score (nSPS) is 13.3. The van der Waals surface area contributed by atoms with E-state index in [1.165, 1.54) is 0 Å². The molecule has 2 aromatic rings. The number of aromatic nitrogens is 2. The van der Waals surface area contributed by atoms with Gasteiger partial charge in [0.25, 0.3) is 0 Å². The molecule has 0 radical (unpaired) electrons. The van der Waals surface area contributed by atoms with Crippen molar-refractivity contribution < 1.29 is 4.74 Å². The largest absolute Gasteiger partial charge is 0.384 e.